The number of carbonyl (C=O) groups excluding carboxylic acids is 1. The Morgan fingerprint density at radius 3 is 2.90 bits per heavy atom. The van der Waals surface area contributed by atoms with E-state index in [2.05, 4.69) is 15.3 Å². The fourth-order valence-corrected chi connectivity index (χ4v) is 2.75. The van der Waals surface area contributed by atoms with Crippen molar-refractivity contribution in [1.29, 1.82) is 0 Å². The van der Waals surface area contributed by atoms with Gasteiger partial charge in [-0.05, 0) is 36.8 Å². The number of anilines is 2. The minimum atomic E-state index is -0.242. The number of nitrogens with two attached hydrogens (primary N) is 1. The summed E-state index contributed by atoms with van der Waals surface area (Å²) in [5, 5.41) is 3.35. The van der Waals surface area contributed by atoms with Gasteiger partial charge >= 0.3 is 0 Å². The molecule has 2 aromatic heterocycles. The van der Waals surface area contributed by atoms with Gasteiger partial charge in [-0.2, -0.15) is 0 Å². The molecule has 0 fully saturated rings. The molecule has 0 saturated carbocycles. The number of hydrogen-bond donors (Lipinski definition) is 2. The molecule has 0 bridgehead atoms. The highest BCUT2D eigenvalue weighted by molar-refractivity contribution is 7.22. The summed E-state index contributed by atoms with van der Waals surface area (Å²) in [6.45, 7) is 2.03. The number of hydrogen-bond acceptors (Lipinski definition) is 5. The molecule has 0 aliphatic heterocycles. The Hall–Kier alpha value is -2.47. The van der Waals surface area contributed by atoms with E-state index >= 15 is 0 Å². The van der Waals surface area contributed by atoms with Gasteiger partial charge in [0.05, 0.1) is 15.8 Å². The Kier molecular flexibility index (Phi) is 3.08. The zero-order chi connectivity index (χ0) is 14.1. The van der Waals surface area contributed by atoms with E-state index in [9.17, 15) is 4.79 Å². The molecule has 6 heteroatoms. The molecule has 0 spiro atoms. The zero-order valence-electron chi connectivity index (χ0n) is 10.8. The van der Waals surface area contributed by atoms with Crippen LogP contribution < -0.4 is 11.1 Å². The standard InChI is InChI=1S/C14H12N4OS/c1-8-2-4-10-11(6-8)20-14(17-10)18-13(19)9-3-5-12(15)16-7-9/h2-7H,1H3,(H2,15,16)(H,17,18,19). The van der Waals surface area contributed by atoms with Crippen LogP contribution in [0.3, 0.4) is 0 Å². The Balaban J connectivity index is 1.85. The summed E-state index contributed by atoms with van der Waals surface area (Å²) >= 11 is 1.45. The first kappa shape index (κ1) is 12.6. The first-order valence-electron chi connectivity index (χ1n) is 6.02. The van der Waals surface area contributed by atoms with Crippen molar-refractivity contribution in [1.82, 2.24) is 9.97 Å². The lowest BCUT2D eigenvalue weighted by Gasteiger charge is -2.00. The Labute approximate surface area is 119 Å². The number of amides is 1. The van der Waals surface area contributed by atoms with E-state index in [-0.39, 0.29) is 5.91 Å². The third-order valence-electron chi connectivity index (χ3n) is 2.81. The van der Waals surface area contributed by atoms with Crippen LogP contribution in [0.1, 0.15) is 15.9 Å². The van der Waals surface area contributed by atoms with Gasteiger partial charge in [0.1, 0.15) is 5.82 Å². The second-order valence-corrected chi connectivity index (χ2v) is 5.45. The quantitative estimate of drug-likeness (QED) is 0.758. The summed E-state index contributed by atoms with van der Waals surface area (Å²) in [6.07, 6.45) is 1.45. The molecule has 2 heterocycles. The van der Waals surface area contributed by atoms with Gasteiger partial charge in [-0.15, -0.1) is 0 Å². The number of nitrogen functional groups attached to an aromatic ring is 1. The van der Waals surface area contributed by atoms with E-state index in [1.165, 1.54) is 23.1 Å². The van der Waals surface area contributed by atoms with Crippen LogP contribution >= 0.6 is 11.3 Å². The number of rotatable bonds is 2. The van der Waals surface area contributed by atoms with E-state index in [1.807, 2.05) is 25.1 Å². The fourth-order valence-electron chi connectivity index (χ4n) is 1.79. The first-order chi connectivity index (χ1) is 9.61. The average molecular weight is 284 g/mol. The van der Waals surface area contributed by atoms with Gasteiger partial charge in [-0.1, -0.05) is 17.4 Å². The van der Waals surface area contributed by atoms with Gasteiger partial charge < -0.3 is 5.73 Å². The summed E-state index contributed by atoms with van der Waals surface area (Å²) in [5.41, 5.74) is 7.99. The first-order valence-corrected chi connectivity index (χ1v) is 6.83. The van der Waals surface area contributed by atoms with Crippen molar-refractivity contribution in [3.05, 3.63) is 47.7 Å². The van der Waals surface area contributed by atoms with Crippen molar-refractivity contribution in [3.8, 4) is 0 Å². The molecular formula is C14H12N4OS. The molecule has 100 valence electrons. The summed E-state index contributed by atoms with van der Waals surface area (Å²) in [7, 11) is 0. The predicted octanol–water partition coefficient (Wildman–Crippen LogP) is 2.83. The van der Waals surface area contributed by atoms with Gasteiger partial charge in [-0.25, -0.2) is 9.97 Å². The minimum absolute atomic E-state index is 0.242. The summed E-state index contributed by atoms with van der Waals surface area (Å²) in [5.74, 6) is 0.144. The molecule has 0 aliphatic carbocycles. The second kappa shape index (κ2) is 4.90. The molecule has 5 nitrogen and oxygen atoms in total. The number of pyridine rings is 1. The van der Waals surface area contributed by atoms with E-state index in [0.717, 1.165) is 10.2 Å². The lowest BCUT2D eigenvalue weighted by molar-refractivity contribution is 0.102. The Bertz CT molecular complexity index is 779. The average Bonchev–Trinajstić information content (AvgIpc) is 2.80. The van der Waals surface area contributed by atoms with Crippen LogP contribution in [0.15, 0.2) is 36.5 Å². The molecule has 3 rings (SSSR count). The molecular weight excluding hydrogens is 272 g/mol. The topological polar surface area (TPSA) is 80.9 Å². The molecule has 1 amide bonds. The molecule has 20 heavy (non-hydrogen) atoms. The van der Waals surface area contributed by atoms with E-state index < -0.39 is 0 Å². The lowest BCUT2D eigenvalue weighted by Crippen LogP contribution is -2.12. The number of fused-ring (bicyclic) bond motifs is 1. The summed E-state index contributed by atoms with van der Waals surface area (Å²) in [4.78, 5) is 20.3. The van der Waals surface area contributed by atoms with Crippen LogP contribution in [-0.2, 0) is 0 Å². The van der Waals surface area contributed by atoms with Crippen LogP contribution in [0.25, 0.3) is 10.2 Å². The monoisotopic (exact) mass is 284 g/mol. The maximum absolute atomic E-state index is 12.0. The van der Waals surface area contributed by atoms with Crippen LogP contribution in [0.2, 0.25) is 0 Å². The van der Waals surface area contributed by atoms with Gasteiger partial charge in [-0.3, -0.25) is 10.1 Å². The van der Waals surface area contributed by atoms with Crippen LogP contribution in [0, 0.1) is 6.92 Å². The van der Waals surface area contributed by atoms with E-state index in [0.29, 0.717) is 16.5 Å². The highest BCUT2D eigenvalue weighted by Gasteiger charge is 2.10. The molecule has 0 unspecified atom stereocenters. The molecule has 0 aliphatic rings. The Morgan fingerprint density at radius 1 is 1.30 bits per heavy atom. The minimum Gasteiger partial charge on any atom is -0.384 e. The highest BCUT2D eigenvalue weighted by Crippen LogP contribution is 2.26. The Morgan fingerprint density at radius 2 is 2.15 bits per heavy atom. The van der Waals surface area contributed by atoms with Gasteiger partial charge in [0.15, 0.2) is 5.13 Å². The third-order valence-corrected chi connectivity index (χ3v) is 3.75. The highest BCUT2D eigenvalue weighted by atomic mass is 32.1. The van der Waals surface area contributed by atoms with Crippen molar-refractivity contribution < 1.29 is 4.79 Å². The normalized spacial score (nSPS) is 10.7. The van der Waals surface area contributed by atoms with Crippen molar-refractivity contribution in [2.24, 2.45) is 0 Å². The number of carbonyl (C=O) groups is 1. The molecule has 0 radical (unpaired) electrons. The van der Waals surface area contributed by atoms with Crippen molar-refractivity contribution >= 4 is 38.4 Å². The van der Waals surface area contributed by atoms with Gasteiger partial charge in [0.25, 0.3) is 5.91 Å². The maximum atomic E-state index is 12.0. The van der Waals surface area contributed by atoms with Crippen LogP contribution in [0.5, 0.6) is 0 Å². The number of nitrogens with one attached hydrogen (secondary N) is 1. The fraction of sp³-hybridized carbons (Fsp3) is 0.0714. The van der Waals surface area contributed by atoms with Gasteiger partial charge in [0.2, 0.25) is 0 Å². The molecule has 0 saturated heterocycles. The van der Waals surface area contributed by atoms with Crippen LogP contribution in [-0.4, -0.2) is 15.9 Å². The number of aryl methyl sites for hydroxylation is 1. The van der Waals surface area contributed by atoms with Crippen molar-refractivity contribution in [2.75, 3.05) is 11.1 Å². The second-order valence-electron chi connectivity index (χ2n) is 4.42. The summed E-state index contributed by atoms with van der Waals surface area (Å²) in [6, 6.07) is 9.22. The number of aromatic nitrogens is 2. The maximum Gasteiger partial charge on any atom is 0.259 e. The molecule has 3 aromatic rings. The van der Waals surface area contributed by atoms with Crippen molar-refractivity contribution in [3.63, 3.8) is 0 Å². The van der Waals surface area contributed by atoms with E-state index in [1.54, 1.807) is 12.1 Å². The molecule has 0 atom stereocenters. The lowest BCUT2D eigenvalue weighted by atomic mass is 10.2. The van der Waals surface area contributed by atoms with Gasteiger partial charge in [0, 0.05) is 6.20 Å². The number of benzene rings is 1. The SMILES string of the molecule is Cc1ccc2nc(NC(=O)c3ccc(N)nc3)sc2c1. The molecule has 3 N–H and O–H groups in total. The third kappa shape index (κ3) is 2.46. The number of nitrogens with zero attached hydrogens (tertiary/aromatic N) is 2. The predicted molar refractivity (Wildman–Crippen MR) is 81.0 cm³/mol. The van der Waals surface area contributed by atoms with E-state index in [4.69, 9.17) is 5.73 Å². The van der Waals surface area contributed by atoms with Crippen LogP contribution in [0.4, 0.5) is 10.9 Å². The zero-order valence-corrected chi connectivity index (χ0v) is 11.6. The number of thiazole rings is 1. The summed E-state index contributed by atoms with van der Waals surface area (Å²) < 4.78 is 1.05. The largest absolute Gasteiger partial charge is 0.384 e. The molecule has 1 aromatic carbocycles. The smallest absolute Gasteiger partial charge is 0.259 e. The van der Waals surface area contributed by atoms with Crippen molar-refractivity contribution in [2.45, 2.75) is 6.92 Å².